The lowest BCUT2D eigenvalue weighted by atomic mass is 9.76. The fourth-order valence-corrected chi connectivity index (χ4v) is 3.11. The summed E-state index contributed by atoms with van der Waals surface area (Å²) in [5.74, 6) is 0. The number of fused-ring (bicyclic) bond motifs is 2. The number of hydrogen-bond acceptors (Lipinski definition) is 6. The Balaban J connectivity index is 2.51. The summed E-state index contributed by atoms with van der Waals surface area (Å²) < 4.78 is 0. The van der Waals surface area contributed by atoms with E-state index in [2.05, 4.69) is 0 Å². The van der Waals surface area contributed by atoms with E-state index in [1.165, 1.54) is 48.5 Å². The number of nitrogens with zero attached hydrogens (tertiary/aromatic N) is 3. The summed E-state index contributed by atoms with van der Waals surface area (Å²) in [6.07, 6.45) is 0. The summed E-state index contributed by atoms with van der Waals surface area (Å²) >= 11 is 0. The van der Waals surface area contributed by atoms with Gasteiger partial charge in [0.2, 0.25) is 0 Å². The third kappa shape index (κ3) is 1.73. The van der Waals surface area contributed by atoms with Crippen molar-refractivity contribution in [1.82, 2.24) is 0 Å². The zero-order chi connectivity index (χ0) is 16.8. The van der Waals surface area contributed by atoms with Gasteiger partial charge in [0.05, 0.1) is 0 Å². The minimum Gasteiger partial charge on any atom is -0.264 e. The largest absolute Gasteiger partial charge is 0.511 e. The Morgan fingerprint density at radius 2 is 1.13 bits per heavy atom. The summed E-state index contributed by atoms with van der Waals surface area (Å²) in [6, 6.07) is 9.39. The van der Waals surface area contributed by atoms with Gasteiger partial charge in [0.1, 0.15) is 21.0 Å². The minimum absolute atomic E-state index is 0.0374. The average Bonchev–Trinajstić information content (AvgIpc) is 2.51. The molecular formula is C14H9N3O6. The lowest BCUT2D eigenvalue weighted by Gasteiger charge is -2.28. The first kappa shape index (κ1) is 14.6. The van der Waals surface area contributed by atoms with E-state index in [0.29, 0.717) is 0 Å². The molecule has 1 aliphatic carbocycles. The maximum absolute atomic E-state index is 11.7. The van der Waals surface area contributed by atoms with Gasteiger partial charge in [-0.15, -0.1) is 0 Å². The summed E-state index contributed by atoms with van der Waals surface area (Å²) in [5.41, 5.74) is -3.39. The molecule has 0 radical (unpaired) electrons. The predicted octanol–water partition coefficient (Wildman–Crippen LogP) is 2.12. The Hall–Kier alpha value is -3.36. The van der Waals surface area contributed by atoms with E-state index in [-0.39, 0.29) is 22.3 Å². The summed E-state index contributed by atoms with van der Waals surface area (Å²) in [5, 5.41) is 34.9. The highest BCUT2D eigenvalue weighted by atomic mass is 16.7. The number of benzene rings is 2. The van der Waals surface area contributed by atoms with Crippen LogP contribution in [0.2, 0.25) is 0 Å². The van der Waals surface area contributed by atoms with Gasteiger partial charge in [-0.3, -0.25) is 30.3 Å². The zero-order valence-electron chi connectivity index (χ0n) is 11.5. The quantitative estimate of drug-likeness (QED) is 0.484. The monoisotopic (exact) mass is 315 g/mol. The molecule has 0 amide bonds. The van der Waals surface area contributed by atoms with Crippen LogP contribution in [-0.4, -0.2) is 14.8 Å². The lowest BCUT2D eigenvalue weighted by Crippen LogP contribution is -2.48. The number of nitro groups is 3. The molecule has 2 aromatic rings. The standard InChI is InChI=1S/C14H9N3O6/c18-15(19)13-9-5-1-3-7-11(9)14(16(20)21,17(22)23)12-8-4-2-6-10(12)13/h1-8,13H. The molecule has 0 saturated heterocycles. The fourth-order valence-electron chi connectivity index (χ4n) is 3.11. The van der Waals surface area contributed by atoms with Gasteiger partial charge >= 0.3 is 5.66 Å². The topological polar surface area (TPSA) is 129 Å². The molecule has 0 aromatic heterocycles. The molecule has 9 nitrogen and oxygen atoms in total. The Labute approximate surface area is 128 Å². The van der Waals surface area contributed by atoms with Crippen LogP contribution in [0.15, 0.2) is 48.5 Å². The Kier molecular flexibility index (Phi) is 3.06. The Morgan fingerprint density at radius 3 is 1.48 bits per heavy atom. The van der Waals surface area contributed by atoms with Crippen LogP contribution >= 0.6 is 0 Å². The highest BCUT2D eigenvalue weighted by Crippen LogP contribution is 2.47. The van der Waals surface area contributed by atoms with Crippen molar-refractivity contribution in [3.05, 3.63) is 101 Å². The molecule has 1 aliphatic rings. The van der Waals surface area contributed by atoms with E-state index in [0.717, 1.165) is 0 Å². The molecule has 0 aliphatic heterocycles. The smallest absolute Gasteiger partial charge is 0.264 e. The Morgan fingerprint density at radius 1 is 0.739 bits per heavy atom. The molecule has 23 heavy (non-hydrogen) atoms. The summed E-state index contributed by atoms with van der Waals surface area (Å²) in [7, 11) is 0. The maximum atomic E-state index is 11.7. The molecule has 0 spiro atoms. The molecule has 0 N–H and O–H groups in total. The van der Waals surface area contributed by atoms with E-state index >= 15 is 0 Å². The average molecular weight is 315 g/mol. The number of hydrogen-bond donors (Lipinski definition) is 0. The normalized spacial score (nSPS) is 15.3. The van der Waals surface area contributed by atoms with E-state index in [1.807, 2.05) is 0 Å². The fraction of sp³-hybridized carbons (Fsp3) is 0.143. The van der Waals surface area contributed by atoms with Gasteiger partial charge in [-0.2, -0.15) is 0 Å². The van der Waals surface area contributed by atoms with Gasteiger partial charge in [0.15, 0.2) is 0 Å². The van der Waals surface area contributed by atoms with E-state index in [1.54, 1.807) is 0 Å². The van der Waals surface area contributed by atoms with Crippen LogP contribution < -0.4 is 0 Å². The summed E-state index contributed by atoms with van der Waals surface area (Å²) in [4.78, 5) is 32.3. The lowest BCUT2D eigenvalue weighted by molar-refractivity contribution is -0.797. The molecule has 2 aromatic carbocycles. The highest BCUT2D eigenvalue weighted by Gasteiger charge is 2.66. The van der Waals surface area contributed by atoms with Crippen molar-refractivity contribution in [2.45, 2.75) is 11.7 Å². The van der Waals surface area contributed by atoms with Crippen molar-refractivity contribution in [1.29, 1.82) is 0 Å². The van der Waals surface area contributed by atoms with Crippen LogP contribution in [0.1, 0.15) is 28.3 Å². The second kappa shape index (κ2) is 4.83. The van der Waals surface area contributed by atoms with Gasteiger partial charge < -0.3 is 0 Å². The van der Waals surface area contributed by atoms with Crippen LogP contribution in [0.25, 0.3) is 0 Å². The van der Waals surface area contributed by atoms with Crippen molar-refractivity contribution in [3.8, 4) is 0 Å². The first-order valence-corrected chi connectivity index (χ1v) is 6.53. The third-order valence-electron chi connectivity index (χ3n) is 4.00. The van der Waals surface area contributed by atoms with Gasteiger partial charge in [-0.05, 0) is 12.1 Å². The van der Waals surface area contributed by atoms with E-state index in [4.69, 9.17) is 0 Å². The third-order valence-corrected chi connectivity index (χ3v) is 4.00. The molecule has 9 heteroatoms. The van der Waals surface area contributed by atoms with Gasteiger partial charge in [-0.1, -0.05) is 36.4 Å². The van der Waals surface area contributed by atoms with Crippen LogP contribution in [0.3, 0.4) is 0 Å². The van der Waals surface area contributed by atoms with Gasteiger partial charge in [0, 0.05) is 16.1 Å². The molecule has 3 rings (SSSR count). The van der Waals surface area contributed by atoms with Crippen LogP contribution in [0, 0.1) is 30.3 Å². The Bertz CT molecular complexity index is 786. The van der Waals surface area contributed by atoms with Gasteiger partial charge in [0.25, 0.3) is 6.04 Å². The molecule has 0 unspecified atom stereocenters. The number of rotatable bonds is 3. The van der Waals surface area contributed by atoms with Crippen molar-refractivity contribution in [2.24, 2.45) is 0 Å². The zero-order valence-corrected chi connectivity index (χ0v) is 11.5. The van der Waals surface area contributed by atoms with Crippen LogP contribution in [-0.2, 0) is 5.66 Å². The first-order chi connectivity index (χ1) is 10.9. The van der Waals surface area contributed by atoms with Crippen molar-refractivity contribution < 1.29 is 14.8 Å². The van der Waals surface area contributed by atoms with Crippen LogP contribution in [0.5, 0.6) is 0 Å². The second-order valence-electron chi connectivity index (χ2n) is 5.05. The van der Waals surface area contributed by atoms with Crippen molar-refractivity contribution >= 4 is 0 Å². The SMILES string of the molecule is O=[N+]([O-])C1c2ccccc2C([N+](=O)[O-])([N+](=O)[O-])c2ccccc21. The van der Waals surface area contributed by atoms with Crippen molar-refractivity contribution in [2.75, 3.05) is 0 Å². The molecule has 0 atom stereocenters. The molecule has 0 heterocycles. The molecular weight excluding hydrogens is 306 g/mol. The van der Waals surface area contributed by atoms with Gasteiger partial charge in [-0.25, -0.2) is 0 Å². The molecule has 116 valence electrons. The van der Waals surface area contributed by atoms with Crippen molar-refractivity contribution in [3.63, 3.8) is 0 Å². The molecule has 0 saturated carbocycles. The molecule has 0 fully saturated rings. The second-order valence-corrected chi connectivity index (χ2v) is 5.05. The molecule has 0 bridgehead atoms. The minimum atomic E-state index is -2.75. The van der Waals surface area contributed by atoms with E-state index in [9.17, 15) is 30.3 Å². The predicted molar refractivity (Wildman–Crippen MR) is 76.5 cm³/mol. The van der Waals surface area contributed by atoms with E-state index < -0.39 is 26.5 Å². The first-order valence-electron chi connectivity index (χ1n) is 6.53. The highest BCUT2D eigenvalue weighted by molar-refractivity contribution is 5.51. The van der Waals surface area contributed by atoms with Crippen LogP contribution in [0.4, 0.5) is 0 Å². The maximum Gasteiger partial charge on any atom is 0.511 e. The summed E-state index contributed by atoms with van der Waals surface area (Å²) in [6.45, 7) is 0.